The third kappa shape index (κ3) is 3.09. The Kier molecular flexibility index (Phi) is 3.87. The summed E-state index contributed by atoms with van der Waals surface area (Å²) in [5.74, 6) is 0.0408. The van der Waals surface area contributed by atoms with E-state index in [4.69, 9.17) is 0 Å². The summed E-state index contributed by atoms with van der Waals surface area (Å²) in [5.41, 5.74) is 0.481. The highest BCUT2D eigenvalue weighted by Crippen LogP contribution is 2.33. The molecule has 4 nitrogen and oxygen atoms in total. The predicted octanol–water partition coefficient (Wildman–Crippen LogP) is 2.92. The first-order valence-electron chi connectivity index (χ1n) is 7.33. The number of rotatable bonds is 1. The minimum Gasteiger partial charge on any atom is -0.367 e. The van der Waals surface area contributed by atoms with Gasteiger partial charge < -0.3 is 9.80 Å². The molecule has 0 aliphatic carbocycles. The molecule has 122 valence electrons. The summed E-state index contributed by atoms with van der Waals surface area (Å²) in [5, 5.41) is 0.691. The number of benzene rings is 1. The SMILES string of the molecule is CC(=O)N1CCN(c2ccnc3cc(C(F)(F)F)ccc23)CC1. The van der Waals surface area contributed by atoms with Crippen molar-refractivity contribution in [2.75, 3.05) is 31.1 Å². The number of carbonyl (C=O) groups excluding carboxylic acids is 1. The number of alkyl halides is 3. The molecule has 1 amide bonds. The lowest BCUT2D eigenvalue weighted by atomic mass is 10.1. The van der Waals surface area contributed by atoms with Gasteiger partial charge in [0.05, 0.1) is 11.1 Å². The van der Waals surface area contributed by atoms with E-state index in [9.17, 15) is 18.0 Å². The van der Waals surface area contributed by atoms with Crippen molar-refractivity contribution in [3.8, 4) is 0 Å². The number of hydrogen-bond acceptors (Lipinski definition) is 3. The second-order valence-corrected chi connectivity index (χ2v) is 5.55. The largest absolute Gasteiger partial charge is 0.416 e. The maximum Gasteiger partial charge on any atom is 0.416 e. The number of amides is 1. The number of halogens is 3. The van der Waals surface area contributed by atoms with Crippen LogP contribution in [0.1, 0.15) is 12.5 Å². The van der Waals surface area contributed by atoms with Gasteiger partial charge in [-0.2, -0.15) is 13.2 Å². The number of anilines is 1. The fourth-order valence-corrected chi connectivity index (χ4v) is 2.85. The average molecular weight is 323 g/mol. The molecule has 1 aliphatic heterocycles. The molecule has 1 saturated heterocycles. The predicted molar refractivity (Wildman–Crippen MR) is 81.2 cm³/mol. The standard InChI is InChI=1S/C16H16F3N3O/c1-11(23)21-6-8-22(9-7-21)15-4-5-20-14-10-12(16(17,18)19)2-3-13(14)15/h2-5,10H,6-9H2,1H3. The summed E-state index contributed by atoms with van der Waals surface area (Å²) >= 11 is 0. The normalized spacial score (nSPS) is 16.0. The van der Waals surface area contributed by atoms with Gasteiger partial charge in [-0.1, -0.05) is 6.07 Å². The van der Waals surface area contributed by atoms with E-state index in [1.807, 2.05) is 0 Å². The van der Waals surface area contributed by atoms with E-state index in [0.717, 1.165) is 17.8 Å². The van der Waals surface area contributed by atoms with E-state index in [-0.39, 0.29) is 5.91 Å². The van der Waals surface area contributed by atoms with Crippen LogP contribution in [0.5, 0.6) is 0 Å². The Morgan fingerprint density at radius 1 is 1.13 bits per heavy atom. The lowest BCUT2D eigenvalue weighted by Gasteiger charge is -2.36. The smallest absolute Gasteiger partial charge is 0.367 e. The lowest BCUT2D eigenvalue weighted by molar-refractivity contribution is -0.137. The fourth-order valence-electron chi connectivity index (χ4n) is 2.85. The highest BCUT2D eigenvalue weighted by Gasteiger charge is 2.31. The molecule has 0 unspecified atom stereocenters. The Labute approximate surface area is 131 Å². The summed E-state index contributed by atoms with van der Waals surface area (Å²) in [6.07, 6.45) is -2.85. The van der Waals surface area contributed by atoms with Gasteiger partial charge in [-0.05, 0) is 18.2 Å². The van der Waals surface area contributed by atoms with Crippen LogP contribution in [0.4, 0.5) is 18.9 Å². The number of carbonyl (C=O) groups is 1. The molecule has 0 bridgehead atoms. The maximum absolute atomic E-state index is 12.8. The van der Waals surface area contributed by atoms with Gasteiger partial charge in [0.25, 0.3) is 0 Å². The highest BCUT2D eigenvalue weighted by molar-refractivity contribution is 5.92. The zero-order valence-corrected chi connectivity index (χ0v) is 12.6. The van der Waals surface area contributed by atoms with E-state index in [1.165, 1.54) is 19.2 Å². The Hall–Kier alpha value is -2.31. The summed E-state index contributed by atoms with van der Waals surface area (Å²) < 4.78 is 38.4. The minimum atomic E-state index is -4.38. The molecule has 0 spiro atoms. The Morgan fingerprint density at radius 2 is 1.83 bits per heavy atom. The summed E-state index contributed by atoms with van der Waals surface area (Å²) in [6, 6.07) is 5.43. The van der Waals surface area contributed by atoms with Gasteiger partial charge in [0.1, 0.15) is 0 Å². The molecular formula is C16H16F3N3O. The van der Waals surface area contributed by atoms with Crippen molar-refractivity contribution in [2.45, 2.75) is 13.1 Å². The Balaban J connectivity index is 1.92. The number of aromatic nitrogens is 1. The first-order valence-corrected chi connectivity index (χ1v) is 7.33. The molecule has 0 radical (unpaired) electrons. The van der Waals surface area contributed by atoms with Gasteiger partial charge in [0, 0.05) is 50.4 Å². The van der Waals surface area contributed by atoms with Gasteiger partial charge in [-0.15, -0.1) is 0 Å². The van der Waals surface area contributed by atoms with Crippen molar-refractivity contribution in [3.05, 3.63) is 36.0 Å². The van der Waals surface area contributed by atoms with E-state index in [0.29, 0.717) is 37.1 Å². The topological polar surface area (TPSA) is 36.4 Å². The zero-order valence-electron chi connectivity index (χ0n) is 12.6. The molecular weight excluding hydrogens is 307 g/mol. The third-order valence-corrected chi connectivity index (χ3v) is 4.11. The second-order valence-electron chi connectivity index (χ2n) is 5.55. The third-order valence-electron chi connectivity index (χ3n) is 4.11. The first kappa shape index (κ1) is 15.6. The van der Waals surface area contributed by atoms with Crippen LogP contribution >= 0.6 is 0 Å². The fraction of sp³-hybridized carbons (Fsp3) is 0.375. The molecule has 23 heavy (non-hydrogen) atoms. The number of fused-ring (bicyclic) bond motifs is 1. The molecule has 3 rings (SSSR count). The molecule has 2 aromatic rings. The van der Waals surface area contributed by atoms with Crippen LogP contribution in [0.25, 0.3) is 10.9 Å². The number of pyridine rings is 1. The van der Waals surface area contributed by atoms with Gasteiger partial charge in [-0.3, -0.25) is 9.78 Å². The molecule has 1 aromatic carbocycles. The van der Waals surface area contributed by atoms with E-state index < -0.39 is 11.7 Å². The van der Waals surface area contributed by atoms with Gasteiger partial charge in [0.2, 0.25) is 5.91 Å². The highest BCUT2D eigenvalue weighted by atomic mass is 19.4. The summed E-state index contributed by atoms with van der Waals surface area (Å²) in [4.78, 5) is 19.3. The molecule has 1 aliphatic rings. The van der Waals surface area contributed by atoms with Crippen LogP contribution in [0.2, 0.25) is 0 Å². The van der Waals surface area contributed by atoms with Crippen LogP contribution in [-0.4, -0.2) is 42.0 Å². The molecule has 7 heteroatoms. The van der Waals surface area contributed by atoms with Crippen molar-refractivity contribution in [3.63, 3.8) is 0 Å². The van der Waals surface area contributed by atoms with Gasteiger partial charge in [-0.25, -0.2) is 0 Å². The molecule has 1 fully saturated rings. The van der Waals surface area contributed by atoms with E-state index in [1.54, 1.807) is 11.0 Å². The van der Waals surface area contributed by atoms with Crippen molar-refractivity contribution in [1.82, 2.24) is 9.88 Å². The molecule has 1 aromatic heterocycles. The number of nitrogens with zero attached hydrogens (tertiary/aromatic N) is 3. The van der Waals surface area contributed by atoms with E-state index >= 15 is 0 Å². The average Bonchev–Trinajstić information content (AvgIpc) is 2.53. The summed E-state index contributed by atoms with van der Waals surface area (Å²) in [7, 11) is 0. The van der Waals surface area contributed by atoms with Crippen LogP contribution in [0.3, 0.4) is 0 Å². The van der Waals surface area contributed by atoms with Crippen LogP contribution in [0.15, 0.2) is 30.5 Å². The molecule has 0 saturated carbocycles. The second kappa shape index (κ2) is 5.72. The van der Waals surface area contributed by atoms with Crippen molar-refractivity contribution >= 4 is 22.5 Å². The zero-order chi connectivity index (χ0) is 16.6. The van der Waals surface area contributed by atoms with Gasteiger partial charge >= 0.3 is 6.18 Å². The van der Waals surface area contributed by atoms with Crippen molar-refractivity contribution in [2.24, 2.45) is 0 Å². The monoisotopic (exact) mass is 323 g/mol. The van der Waals surface area contributed by atoms with E-state index in [2.05, 4.69) is 9.88 Å². The first-order chi connectivity index (χ1) is 10.9. The van der Waals surface area contributed by atoms with Crippen molar-refractivity contribution in [1.29, 1.82) is 0 Å². The number of hydrogen-bond donors (Lipinski definition) is 0. The van der Waals surface area contributed by atoms with Crippen molar-refractivity contribution < 1.29 is 18.0 Å². The molecule has 0 N–H and O–H groups in total. The Bertz CT molecular complexity index is 737. The van der Waals surface area contributed by atoms with Crippen LogP contribution < -0.4 is 4.90 Å². The Morgan fingerprint density at radius 3 is 2.43 bits per heavy atom. The summed E-state index contributed by atoms with van der Waals surface area (Å²) in [6.45, 7) is 4.06. The number of piperazine rings is 1. The molecule has 0 atom stereocenters. The molecule has 2 heterocycles. The van der Waals surface area contributed by atoms with Gasteiger partial charge in [0.15, 0.2) is 0 Å². The van der Waals surface area contributed by atoms with Crippen LogP contribution in [0, 0.1) is 0 Å². The van der Waals surface area contributed by atoms with Crippen LogP contribution in [-0.2, 0) is 11.0 Å². The maximum atomic E-state index is 12.8. The quantitative estimate of drug-likeness (QED) is 0.810. The minimum absolute atomic E-state index is 0.0408. The lowest BCUT2D eigenvalue weighted by Crippen LogP contribution is -2.48.